The van der Waals surface area contributed by atoms with Gasteiger partial charge >= 0.3 is 27.0 Å². The Morgan fingerprint density at radius 2 is 0.521 bits per heavy atom. The number of hydrogen-bond acceptors (Lipinski definition) is 0. The molecule has 0 amide bonds. The molecule has 1 aliphatic rings. The SMILES string of the molecule is [Cl][RuH+2].[NH-]C1CCCC[C@H]1[NH-].c1ccc([PH+](c2ccccc2)c2ccccc2)cc1.c1ccc([PH+](c2ccccc2)c2ccccc2)cc1. The molecule has 0 aliphatic heterocycles. The average molecular weight is 776 g/mol. The summed E-state index contributed by atoms with van der Waals surface area (Å²) in [4.78, 5) is 0. The van der Waals surface area contributed by atoms with Crippen LogP contribution in [0.3, 0.4) is 0 Å². The predicted octanol–water partition coefficient (Wildman–Crippen LogP) is 9.18. The average Bonchev–Trinajstić information content (AvgIpc) is 3.17. The standard InChI is InChI=1S/2C18H15P.C6H12N2.ClH.Ru.H/c2*1-4-10-16(11-5-1)19(17-12-6-2-7-13-17)18-14-8-3-9-15-18;7-5-3-1-2-4-6(5)8;;;/h2*1-15H;5-8H,1-4H2;1H;;/q;;-2;;+3;/p+1/t;;5-,6?;;;/m..1.../s1. The van der Waals surface area contributed by atoms with Crippen LogP contribution in [0.4, 0.5) is 0 Å². The van der Waals surface area contributed by atoms with Crippen molar-refractivity contribution in [3.8, 4) is 0 Å². The maximum Gasteiger partial charge on any atom is 0.102 e. The van der Waals surface area contributed by atoms with Crippen molar-refractivity contribution in [1.82, 2.24) is 0 Å². The monoisotopic (exact) mass is 776 g/mol. The van der Waals surface area contributed by atoms with E-state index in [1.54, 1.807) is 17.3 Å². The summed E-state index contributed by atoms with van der Waals surface area (Å²) in [5, 5.41) is 8.61. The zero-order chi connectivity index (χ0) is 33.8. The van der Waals surface area contributed by atoms with Crippen molar-refractivity contribution in [2.75, 3.05) is 0 Å². The molecule has 0 radical (unpaired) electrons. The van der Waals surface area contributed by atoms with E-state index in [1.807, 2.05) is 0 Å². The first-order valence-corrected chi connectivity index (χ1v) is 21.7. The van der Waals surface area contributed by atoms with Crippen LogP contribution in [0.2, 0.25) is 0 Å². The number of halogens is 1. The second kappa shape index (κ2) is 21.9. The van der Waals surface area contributed by atoms with Gasteiger partial charge in [0.05, 0.1) is 15.8 Å². The van der Waals surface area contributed by atoms with Gasteiger partial charge in [-0.2, -0.15) is 12.1 Å². The number of benzene rings is 6. The normalized spacial score (nSPS) is 15.1. The van der Waals surface area contributed by atoms with E-state index < -0.39 is 15.8 Å². The van der Waals surface area contributed by atoms with Crippen LogP contribution in [0.25, 0.3) is 11.5 Å². The van der Waals surface area contributed by atoms with Crippen LogP contribution >= 0.6 is 25.5 Å². The summed E-state index contributed by atoms with van der Waals surface area (Å²) in [7, 11) is 2.85. The third-order valence-electron chi connectivity index (χ3n) is 8.14. The van der Waals surface area contributed by atoms with Crippen molar-refractivity contribution in [2.45, 2.75) is 37.8 Å². The summed E-state index contributed by atoms with van der Waals surface area (Å²) in [5.74, 6) is 0. The summed E-state index contributed by atoms with van der Waals surface area (Å²) in [5.41, 5.74) is 14.6. The van der Waals surface area contributed by atoms with Crippen molar-refractivity contribution < 1.29 is 17.3 Å². The van der Waals surface area contributed by atoms with E-state index in [4.69, 9.17) is 11.5 Å². The molecule has 6 aromatic carbocycles. The number of hydrogen-bond donors (Lipinski definition) is 0. The maximum atomic E-state index is 7.29. The summed E-state index contributed by atoms with van der Waals surface area (Å²) in [6.07, 6.45) is 4.25. The van der Waals surface area contributed by atoms with Gasteiger partial charge in [-0.15, -0.1) is 0 Å². The molecule has 0 aromatic heterocycles. The first kappa shape index (κ1) is 37.8. The molecule has 2 atom stereocenters. The van der Waals surface area contributed by atoms with E-state index in [2.05, 4.69) is 192 Å². The van der Waals surface area contributed by atoms with Gasteiger partial charge in [0.1, 0.15) is 31.8 Å². The van der Waals surface area contributed by atoms with Crippen LogP contribution in [0.1, 0.15) is 25.7 Å². The maximum absolute atomic E-state index is 7.29. The second-order valence-electron chi connectivity index (χ2n) is 11.4. The molecular formula is C42H45ClN2P2Ru+2. The van der Waals surface area contributed by atoms with Gasteiger partial charge in [-0.25, -0.2) is 0 Å². The van der Waals surface area contributed by atoms with Gasteiger partial charge in [0.15, 0.2) is 0 Å². The molecular weight excluding hydrogens is 731 g/mol. The minimum Gasteiger partial charge on any atom is -0.676 e. The van der Waals surface area contributed by atoms with Gasteiger partial charge < -0.3 is 11.5 Å². The van der Waals surface area contributed by atoms with E-state index in [0.29, 0.717) is 0 Å². The smallest absolute Gasteiger partial charge is 0.102 e. The Morgan fingerprint density at radius 3 is 0.667 bits per heavy atom. The molecule has 246 valence electrons. The van der Waals surface area contributed by atoms with Gasteiger partial charge in [-0.3, -0.25) is 0 Å². The molecule has 2 nitrogen and oxygen atoms in total. The van der Waals surface area contributed by atoms with Crippen LogP contribution in [-0.4, -0.2) is 12.1 Å². The fraction of sp³-hybridized carbons (Fsp3) is 0.143. The van der Waals surface area contributed by atoms with Crippen LogP contribution in [0.15, 0.2) is 182 Å². The molecule has 1 saturated carbocycles. The van der Waals surface area contributed by atoms with Crippen molar-refractivity contribution in [2.24, 2.45) is 0 Å². The van der Waals surface area contributed by atoms with Crippen molar-refractivity contribution >= 4 is 57.4 Å². The minimum absolute atomic E-state index is 0.0799. The topological polar surface area (TPSA) is 47.6 Å². The van der Waals surface area contributed by atoms with Crippen molar-refractivity contribution in [1.29, 1.82) is 0 Å². The molecule has 0 heterocycles. The Morgan fingerprint density at radius 1 is 0.354 bits per heavy atom. The Kier molecular flexibility index (Phi) is 17.2. The largest absolute Gasteiger partial charge is 0.676 e. The van der Waals surface area contributed by atoms with Crippen LogP contribution in [-0.2, 0) is 17.3 Å². The molecule has 48 heavy (non-hydrogen) atoms. The molecule has 6 aromatic rings. The first-order valence-electron chi connectivity index (χ1n) is 16.3. The zero-order valence-corrected chi connectivity index (χ0v) is 31.7. The van der Waals surface area contributed by atoms with Crippen LogP contribution < -0.4 is 31.8 Å². The molecule has 1 unspecified atom stereocenters. The van der Waals surface area contributed by atoms with Crippen molar-refractivity contribution in [3.05, 3.63) is 193 Å². The summed E-state index contributed by atoms with van der Waals surface area (Å²) >= 11 is 1.62. The predicted molar refractivity (Wildman–Crippen MR) is 215 cm³/mol. The second-order valence-corrected chi connectivity index (χ2v) is 16.4. The molecule has 0 saturated heterocycles. The molecule has 0 bridgehead atoms. The van der Waals surface area contributed by atoms with Crippen molar-refractivity contribution in [3.63, 3.8) is 0 Å². The van der Waals surface area contributed by atoms with Crippen LogP contribution in [0, 0.1) is 0 Å². The fourth-order valence-corrected chi connectivity index (χ4v) is 10.9. The van der Waals surface area contributed by atoms with E-state index in [1.165, 1.54) is 44.7 Å². The quantitative estimate of drug-likeness (QED) is 0.120. The van der Waals surface area contributed by atoms with E-state index in [0.717, 1.165) is 12.8 Å². The Labute approximate surface area is 304 Å². The van der Waals surface area contributed by atoms with Gasteiger partial charge in [0, 0.05) is 0 Å². The molecule has 1 fully saturated rings. The number of rotatable bonds is 6. The molecule has 1 aliphatic carbocycles. The van der Waals surface area contributed by atoms with E-state index in [9.17, 15) is 0 Å². The third-order valence-corrected chi connectivity index (χ3v) is 13.6. The molecule has 6 heteroatoms. The summed E-state index contributed by atoms with van der Waals surface area (Å²) in [6, 6.07) is 64.8. The van der Waals surface area contributed by atoms with Gasteiger partial charge in [0.25, 0.3) is 0 Å². The minimum atomic E-state index is -0.877. The number of nitrogens with one attached hydrogen (secondary N) is 2. The fourth-order valence-electron chi connectivity index (χ4n) is 5.76. The van der Waals surface area contributed by atoms with Crippen LogP contribution in [0.5, 0.6) is 0 Å². The first-order chi connectivity index (χ1) is 23.7. The van der Waals surface area contributed by atoms with E-state index >= 15 is 0 Å². The van der Waals surface area contributed by atoms with Gasteiger partial charge in [0.2, 0.25) is 0 Å². The van der Waals surface area contributed by atoms with E-state index in [-0.39, 0.29) is 12.1 Å². The van der Waals surface area contributed by atoms with Gasteiger partial charge in [-0.05, 0) is 72.8 Å². The summed E-state index contributed by atoms with van der Waals surface area (Å²) in [6.45, 7) is 0. The summed E-state index contributed by atoms with van der Waals surface area (Å²) < 4.78 is 0. The molecule has 7 rings (SSSR count). The Balaban J connectivity index is 0.000000170. The molecule has 0 spiro atoms. The third kappa shape index (κ3) is 11.9. The Hall–Kier alpha value is -2.99. The van der Waals surface area contributed by atoms with Gasteiger partial charge in [-0.1, -0.05) is 135 Å². The zero-order valence-electron chi connectivity index (χ0n) is 27.1. The Bertz CT molecular complexity index is 1350. The molecule has 2 N–H and O–H groups in total.